The molecule has 3 nitrogen and oxygen atoms in total. The summed E-state index contributed by atoms with van der Waals surface area (Å²) in [6, 6.07) is 3.22. The fourth-order valence-corrected chi connectivity index (χ4v) is 1.44. The highest BCUT2D eigenvalue weighted by molar-refractivity contribution is 6.52. The van der Waals surface area contributed by atoms with Crippen LogP contribution in [0.4, 0.5) is 5.69 Å². The Morgan fingerprint density at radius 2 is 2.00 bits per heavy atom. The Balaban J connectivity index is 2.66. The zero-order valence-corrected chi connectivity index (χ0v) is 7.61. The lowest BCUT2D eigenvalue weighted by molar-refractivity contribution is -0.112. The van der Waals surface area contributed by atoms with Crippen molar-refractivity contribution in [2.24, 2.45) is 0 Å². The van der Waals surface area contributed by atoms with E-state index in [-0.39, 0.29) is 0 Å². The zero-order chi connectivity index (χ0) is 9.59. The first-order chi connectivity index (χ1) is 6.09. The lowest BCUT2D eigenvalue weighted by Crippen LogP contribution is -2.12. The second-order valence-electron chi connectivity index (χ2n) is 2.93. The molecule has 0 unspecified atom stereocenters. The Morgan fingerprint density at radius 3 is 2.69 bits per heavy atom. The van der Waals surface area contributed by atoms with Gasteiger partial charge in [-0.15, -0.1) is 0 Å². The van der Waals surface area contributed by atoms with E-state index < -0.39 is 11.7 Å². The smallest absolute Gasteiger partial charge is 0.296 e. The fourth-order valence-electron chi connectivity index (χ4n) is 1.27. The summed E-state index contributed by atoms with van der Waals surface area (Å²) in [7, 11) is 0. The Hall–Kier alpha value is -1.35. The van der Waals surface area contributed by atoms with Gasteiger partial charge in [-0.3, -0.25) is 9.59 Å². The highest BCUT2D eigenvalue weighted by atomic mass is 35.5. The van der Waals surface area contributed by atoms with Crippen LogP contribution in [0.15, 0.2) is 12.1 Å². The average molecular weight is 196 g/mol. The number of hydrogen-bond donors (Lipinski definition) is 1. The first-order valence-electron chi connectivity index (χ1n) is 3.75. The highest BCUT2D eigenvalue weighted by Crippen LogP contribution is 2.28. The minimum Gasteiger partial charge on any atom is -0.318 e. The van der Waals surface area contributed by atoms with Crippen LogP contribution >= 0.6 is 11.6 Å². The van der Waals surface area contributed by atoms with E-state index >= 15 is 0 Å². The summed E-state index contributed by atoms with van der Waals surface area (Å²) in [6.45, 7) is 1.82. The average Bonchev–Trinajstić information content (AvgIpc) is 2.32. The summed E-state index contributed by atoms with van der Waals surface area (Å²) < 4.78 is 0. The molecule has 0 atom stereocenters. The number of amides is 1. The third-order valence-electron chi connectivity index (χ3n) is 2.00. The fraction of sp³-hybridized carbons (Fsp3) is 0.111. The summed E-state index contributed by atoms with van der Waals surface area (Å²) in [5, 5.41) is 2.97. The van der Waals surface area contributed by atoms with Crippen molar-refractivity contribution < 1.29 is 9.59 Å². The highest BCUT2D eigenvalue weighted by Gasteiger charge is 2.28. The molecule has 0 aliphatic carbocycles. The number of carbonyl (C=O) groups excluding carboxylic acids is 2. The third kappa shape index (κ3) is 1.12. The van der Waals surface area contributed by atoms with Gasteiger partial charge in [0, 0.05) is 5.02 Å². The van der Waals surface area contributed by atoms with Crippen molar-refractivity contribution in [3.63, 3.8) is 0 Å². The number of Topliss-reactive ketones (excluding diaryl/α,β-unsaturated/α-hetero) is 1. The van der Waals surface area contributed by atoms with E-state index in [1.165, 1.54) is 6.07 Å². The van der Waals surface area contributed by atoms with Crippen LogP contribution in [0, 0.1) is 6.92 Å². The molecule has 0 saturated heterocycles. The van der Waals surface area contributed by atoms with E-state index in [4.69, 9.17) is 11.6 Å². The minimum absolute atomic E-state index is 0.362. The number of ketones is 1. The quantitative estimate of drug-likeness (QED) is 0.642. The molecule has 4 heteroatoms. The summed E-state index contributed by atoms with van der Waals surface area (Å²) in [5.41, 5.74) is 1.76. The number of rotatable bonds is 0. The number of anilines is 1. The number of carbonyl (C=O) groups is 2. The molecule has 0 saturated carbocycles. The lowest BCUT2D eigenvalue weighted by Gasteiger charge is -2.00. The van der Waals surface area contributed by atoms with E-state index in [2.05, 4.69) is 5.32 Å². The van der Waals surface area contributed by atoms with Crippen LogP contribution in [0.5, 0.6) is 0 Å². The Kier molecular flexibility index (Phi) is 1.63. The predicted octanol–water partition coefficient (Wildman–Crippen LogP) is 1.78. The van der Waals surface area contributed by atoms with Crippen molar-refractivity contribution in [1.82, 2.24) is 0 Å². The second-order valence-corrected chi connectivity index (χ2v) is 3.34. The van der Waals surface area contributed by atoms with Gasteiger partial charge in [-0.1, -0.05) is 11.6 Å². The van der Waals surface area contributed by atoms with Crippen molar-refractivity contribution in [3.05, 3.63) is 28.3 Å². The molecule has 0 radical (unpaired) electrons. The van der Waals surface area contributed by atoms with E-state index in [1.54, 1.807) is 6.07 Å². The maximum atomic E-state index is 11.2. The van der Waals surface area contributed by atoms with Crippen LogP contribution in [-0.2, 0) is 4.79 Å². The van der Waals surface area contributed by atoms with Gasteiger partial charge in [0.25, 0.3) is 11.7 Å². The van der Waals surface area contributed by atoms with E-state index in [9.17, 15) is 9.59 Å². The van der Waals surface area contributed by atoms with Gasteiger partial charge >= 0.3 is 0 Å². The number of fused-ring (bicyclic) bond motifs is 1. The number of hydrogen-bond acceptors (Lipinski definition) is 2. The van der Waals surface area contributed by atoms with E-state index in [1.807, 2.05) is 6.92 Å². The Bertz CT molecular complexity index is 426. The van der Waals surface area contributed by atoms with Gasteiger partial charge in [-0.25, -0.2) is 0 Å². The molecule has 1 N–H and O–H groups in total. The van der Waals surface area contributed by atoms with E-state index in [0.29, 0.717) is 16.3 Å². The topological polar surface area (TPSA) is 46.2 Å². The number of nitrogens with one attached hydrogen (secondary N) is 1. The molecule has 1 aromatic carbocycles. The molecular formula is C9H6ClNO2. The van der Waals surface area contributed by atoms with Gasteiger partial charge < -0.3 is 5.32 Å². The molecule has 1 heterocycles. The molecule has 1 aliphatic heterocycles. The molecule has 1 aliphatic rings. The van der Waals surface area contributed by atoms with Gasteiger partial charge in [0.2, 0.25) is 0 Å². The molecule has 0 aromatic heterocycles. The molecule has 0 spiro atoms. The largest absolute Gasteiger partial charge is 0.318 e. The van der Waals surface area contributed by atoms with Crippen LogP contribution in [-0.4, -0.2) is 11.7 Å². The van der Waals surface area contributed by atoms with E-state index in [0.717, 1.165) is 5.56 Å². The van der Waals surface area contributed by atoms with Crippen LogP contribution in [0.2, 0.25) is 5.02 Å². The summed E-state index contributed by atoms with van der Waals surface area (Å²) in [5.74, 6) is -1.10. The van der Waals surface area contributed by atoms with Crippen molar-refractivity contribution in [3.8, 4) is 0 Å². The number of halogens is 1. The van der Waals surface area contributed by atoms with Crippen molar-refractivity contribution >= 4 is 29.0 Å². The molecule has 0 fully saturated rings. The van der Waals surface area contributed by atoms with Gasteiger partial charge in [0.1, 0.15) is 0 Å². The first kappa shape index (κ1) is 8.26. The summed E-state index contributed by atoms with van der Waals surface area (Å²) >= 11 is 5.81. The molecule has 66 valence electrons. The molecular weight excluding hydrogens is 190 g/mol. The molecule has 13 heavy (non-hydrogen) atoms. The Labute approximate surface area is 79.7 Å². The van der Waals surface area contributed by atoms with Gasteiger partial charge in [0.05, 0.1) is 11.3 Å². The van der Waals surface area contributed by atoms with Crippen LogP contribution in [0.25, 0.3) is 0 Å². The maximum absolute atomic E-state index is 11.2. The van der Waals surface area contributed by atoms with Gasteiger partial charge in [0.15, 0.2) is 0 Å². The standard InChI is InChI=1S/C9H6ClNO2/c1-4-2-7-5(3-6(4)10)8(12)9(13)11-7/h2-3H,1H3,(H,11,12,13). The SMILES string of the molecule is Cc1cc2c(cc1Cl)C(=O)C(=O)N2. The molecule has 1 aromatic rings. The van der Waals surface area contributed by atoms with Crippen molar-refractivity contribution in [2.45, 2.75) is 6.92 Å². The molecule has 2 rings (SSSR count). The van der Waals surface area contributed by atoms with Crippen molar-refractivity contribution in [1.29, 1.82) is 0 Å². The van der Waals surface area contributed by atoms with Crippen LogP contribution in [0.3, 0.4) is 0 Å². The summed E-state index contributed by atoms with van der Waals surface area (Å²) in [6.07, 6.45) is 0. The lowest BCUT2D eigenvalue weighted by atomic mass is 10.1. The molecule has 1 amide bonds. The predicted molar refractivity (Wildman–Crippen MR) is 49.1 cm³/mol. The first-order valence-corrected chi connectivity index (χ1v) is 4.13. The monoisotopic (exact) mass is 195 g/mol. The third-order valence-corrected chi connectivity index (χ3v) is 2.41. The van der Waals surface area contributed by atoms with Gasteiger partial charge in [-0.2, -0.15) is 0 Å². The van der Waals surface area contributed by atoms with Crippen LogP contribution in [0.1, 0.15) is 15.9 Å². The second kappa shape index (κ2) is 2.57. The minimum atomic E-state index is -0.586. The van der Waals surface area contributed by atoms with Crippen molar-refractivity contribution in [2.75, 3.05) is 5.32 Å². The number of benzene rings is 1. The zero-order valence-electron chi connectivity index (χ0n) is 6.85. The molecule has 0 bridgehead atoms. The van der Waals surface area contributed by atoms with Crippen LogP contribution < -0.4 is 5.32 Å². The Morgan fingerprint density at radius 1 is 1.31 bits per heavy atom. The van der Waals surface area contributed by atoms with Gasteiger partial charge in [-0.05, 0) is 24.6 Å². The normalized spacial score (nSPS) is 14.3. The maximum Gasteiger partial charge on any atom is 0.296 e. The number of aryl methyl sites for hydroxylation is 1. The summed E-state index contributed by atoms with van der Waals surface area (Å²) in [4.78, 5) is 22.1.